The van der Waals surface area contributed by atoms with Crippen molar-refractivity contribution in [2.45, 2.75) is 37.7 Å². The molecule has 1 rings (SSSR count). The van der Waals surface area contributed by atoms with Gasteiger partial charge in [0.25, 0.3) is 0 Å². The van der Waals surface area contributed by atoms with E-state index in [1.54, 1.807) is 0 Å². The van der Waals surface area contributed by atoms with E-state index >= 15 is 0 Å². The second kappa shape index (κ2) is 2.87. The molecule has 2 heteroatoms. The summed E-state index contributed by atoms with van der Waals surface area (Å²) in [5.74, 6) is 0.236. The number of halogens is 2. The van der Waals surface area contributed by atoms with Crippen LogP contribution in [0, 0.1) is 5.92 Å². The Morgan fingerprint density at radius 2 is 2.11 bits per heavy atom. The summed E-state index contributed by atoms with van der Waals surface area (Å²) in [7, 11) is 0. The maximum absolute atomic E-state index is 12.7. The van der Waals surface area contributed by atoms with E-state index in [-0.39, 0.29) is 11.3 Å². The highest BCUT2D eigenvalue weighted by molar-refractivity contribution is 6.20. The van der Waals surface area contributed by atoms with Crippen LogP contribution in [0.2, 0.25) is 0 Å². The van der Waals surface area contributed by atoms with E-state index in [0.29, 0.717) is 6.42 Å². The van der Waals surface area contributed by atoms with Gasteiger partial charge < -0.3 is 0 Å². The lowest BCUT2D eigenvalue weighted by Gasteiger charge is -2.25. The smallest absolute Gasteiger partial charge is 0.104 e. The Morgan fingerprint density at radius 1 is 1.44 bits per heavy atom. The van der Waals surface area contributed by atoms with Crippen LogP contribution < -0.4 is 0 Å². The van der Waals surface area contributed by atoms with Gasteiger partial charge in [0.05, 0.1) is 0 Å². The molecule has 3 unspecified atom stereocenters. The van der Waals surface area contributed by atoms with Crippen LogP contribution in [0.1, 0.15) is 26.2 Å². The van der Waals surface area contributed by atoms with Crippen molar-refractivity contribution < 1.29 is 4.39 Å². The average molecular weight is 151 g/mol. The summed E-state index contributed by atoms with van der Waals surface area (Å²) in [6.45, 7) is 1.95. The minimum Gasteiger partial charge on any atom is -0.247 e. The van der Waals surface area contributed by atoms with Gasteiger partial charge in [-0.3, -0.25) is 0 Å². The monoisotopic (exact) mass is 150 g/mol. The highest BCUT2D eigenvalue weighted by Gasteiger charge is 2.25. The van der Waals surface area contributed by atoms with Crippen LogP contribution in [0.3, 0.4) is 0 Å². The molecule has 0 aromatic heterocycles. The van der Waals surface area contributed by atoms with E-state index in [1.165, 1.54) is 0 Å². The molecule has 54 valence electrons. The van der Waals surface area contributed by atoms with Crippen LogP contribution in [0.25, 0.3) is 0 Å². The summed E-state index contributed by atoms with van der Waals surface area (Å²) in [4.78, 5) is 0. The standard InChI is InChI=1S/C7H12ClF/c1-5-2-3-6(8)4-7(5)9/h5-7H,2-4H2,1H3. The van der Waals surface area contributed by atoms with Crippen molar-refractivity contribution >= 4 is 11.6 Å². The fourth-order valence-electron chi connectivity index (χ4n) is 1.22. The normalized spacial score (nSPS) is 45.0. The molecular weight excluding hydrogens is 139 g/mol. The van der Waals surface area contributed by atoms with Crippen molar-refractivity contribution in [3.8, 4) is 0 Å². The molecule has 0 amide bonds. The first-order valence-electron chi connectivity index (χ1n) is 3.48. The van der Waals surface area contributed by atoms with E-state index in [2.05, 4.69) is 0 Å². The molecule has 1 aliphatic carbocycles. The molecule has 0 aromatic carbocycles. The van der Waals surface area contributed by atoms with E-state index in [1.807, 2.05) is 6.92 Å². The Labute approximate surface area is 60.4 Å². The second-order valence-corrected chi connectivity index (χ2v) is 3.52. The van der Waals surface area contributed by atoms with Gasteiger partial charge in [-0.15, -0.1) is 11.6 Å². The molecule has 1 fully saturated rings. The molecule has 0 bridgehead atoms. The van der Waals surface area contributed by atoms with E-state index in [4.69, 9.17) is 11.6 Å². The van der Waals surface area contributed by atoms with Crippen LogP contribution >= 0.6 is 11.6 Å². The molecule has 1 saturated carbocycles. The molecule has 1 aliphatic rings. The predicted molar refractivity (Wildman–Crippen MR) is 37.6 cm³/mol. The molecule has 0 spiro atoms. The number of alkyl halides is 2. The molecule has 0 aliphatic heterocycles. The largest absolute Gasteiger partial charge is 0.247 e. The lowest BCUT2D eigenvalue weighted by Crippen LogP contribution is -2.24. The summed E-state index contributed by atoms with van der Waals surface area (Å²) in [5.41, 5.74) is 0. The van der Waals surface area contributed by atoms with Gasteiger partial charge >= 0.3 is 0 Å². The quantitative estimate of drug-likeness (QED) is 0.466. The highest BCUT2D eigenvalue weighted by Crippen LogP contribution is 2.29. The first-order chi connectivity index (χ1) is 4.20. The molecule has 3 atom stereocenters. The lowest BCUT2D eigenvalue weighted by molar-refractivity contribution is 0.182. The third-order valence-corrected chi connectivity index (χ3v) is 2.43. The first-order valence-corrected chi connectivity index (χ1v) is 3.92. The summed E-state index contributed by atoms with van der Waals surface area (Å²) in [5, 5.41) is 0.0937. The minimum atomic E-state index is -0.652. The Balaban J connectivity index is 2.35. The lowest BCUT2D eigenvalue weighted by atomic mass is 9.89. The van der Waals surface area contributed by atoms with Gasteiger partial charge in [-0.05, 0) is 25.2 Å². The van der Waals surface area contributed by atoms with Crippen LogP contribution in [0.4, 0.5) is 4.39 Å². The van der Waals surface area contributed by atoms with Gasteiger partial charge in [-0.2, -0.15) is 0 Å². The zero-order valence-corrected chi connectivity index (χ0v) is 6.37. The van der Waals surface area contributed by atoms with Crippen molar-refractivity contribution in [1.82, 2.24) is 0 Å². The Hall–Kier alpha value is 0.220. The summed E-state index contributed by atoms with van der Waals surface area (Å²) in [6.07, 6.45) is 1.85. The minimum absolute atomic E-state index is 0.0937. The summed E-state index contributed by atoms with van der Waals surface area (Å²) >= 11 is 5.74. The van der Waals surface area contributed by atoms with Gasteiger partial charge in [0.15, 0.2) is 0 Å². The number of hydrogen-bond acceptors (Lipinski definition) is 0. The highest BCUT2D eigenvalue weighted by atomic mass is 35.5. The Morgan fingerprint density at radius 3 is 2.56 bits per heavy atom. The maximum atomic E-state index is 12.7. The zero-order chi connectivity index (χ0) is 6.85. The van der Waals surface area contributed by atoms with E-state index in [0.717, 1.165) is 12.8 Å². The Kier molecular flexibility index (Phi) is 2.34. The number of hydrogen-bond donors (Lipinski definition) is 0. The van der Waals surface area contributed by atoms with Crippen LogP contribution in [0.15, 0.2) is 0 Å². The van der Waals surface area contributed by atoms with Crippen molar-refractivity contribution in [2.24, 2.45) is 5.92 Å². The van der Waals surface area contributed by atoms with Crippen molar-refractivity contribution in [1.29, 1.82) is 0 Å². The molecular formula is C7H12ClF. The van der Waals surface area contributed by atoms with Gasteiger partial charge in [0.2, 0.25) is 0 Å². The van der Waals surface area contributed by atoms with Gasteiger partial charge in [-0.25, -0.2) is 4.39 Å². The van der Waals surface area contributed by atoms with Crippen molar-refractivity contribution in [3.63, 3.8) is 0 Å². The molecule has 9 heavy (non-hydrogen) atoms. The third kappa shape index (κ3) is 1.82. The first kappa shape index (κ1) is 7.33. The van der Waals surface area contributed by atoms with Crippen molar-refractivity contribution in [3.05, 3.63) is 0 Å². The van der Waals surface area contributed by atoms with E-state index in [9.17, 15) is 4.39 Å². The van der Waals surface area contributed by atoms with Crippen molar-refractivity contribution in [2.75, 3.05) is 0 Å². The fraction of sp³-hybridized carbons (Fsp3) is 1.00. The molecule has 0 heterocycles. The number of rotatable bonds is 0. The molecule has 0 saturated heterocycles. The summed E-state index contributed by atoms with van der Waals surface area (Å²) < 4.78 is 12.7. The van der Waals surface area contributed by atoms with Gasteiger partial charge in [0, 0.05) is 5.38 Å². The van der Waals surface area contributed by atoms with Gasteiger partial charge in [-0.1, -0.05) is 6.92 Å². The predicted octanol–water partition coefficient (Wildman–Crippen LogP) is 2.75. The van der Waals surface area contributed by atoms with Crippen LogP contribution in [-0.4, -0.2) is 11.5 Å². The topological polar surface area (TPSA) is 0 Å². The zero-order valence-electron chi connectivity index (χ0n) is 5.61. The van der Waals surface area contributed by atoms with Gasteiger partial charge in [0.1, 0.15) is 6.17 Å². The molecule has 0 aromatic rings. The molecule has 0 N–H and O–H groups in total. The average Bonchev–Trinajstić information content (AvgIpc) is 1.80. The molecule has 0 radical (unpaired) electrons. The SMILES string of the molecule is CC1CCC(Cl)CC1F. The Bertz CT molecular complexity index is 94.9. The molecule has 0 nitrogen and oxygen atoms in total. The summed E-state index contributed by atoms with van der Waals surface area (Å²) in [6, 6.07) is 0. The second-order valence-electron chi connectivity index (χ2n) is 2.90. The third-order valence-electron chi connectivity index (χ3n) is 2.03. The fourth-order valence-corrected chi connectivity index (χ4v) is 1.52. The van der Waals surface area contributed by atoms with Crippen LogP contribution in [-0.2, 0) is 0 Å². The maximum Gasteiger partial charge on any atom is 0.104 e. The van der Waals surface area contributed by atoms with Crippen LogP contribution in [0.5, 0.6) is 0 Å². The van der Waals surface area contributed by atoms with E-state index < -0.39 is 6.17 Å².